The van der Waals surface area contributed by atoms with Gasteiger partial charge in [-0.3, -0.25) is 9.80 Å². The highest BCUT2D eigenvalue weighted by atomic mass is 32.2. The summed E-state index contributed by atoms with van der Waals surface area (Å²) in [6.07, 6.45) is 2.27. The number of hydrazine groups is 1. The van der Waals surface area contributed by atoms with Gasteiger partial charge in [-0.1, -0.05) is 42.0 Å². The fourth-order valence-electron chi connectivity index (χ4n) is 4.66. The van der Waals surface area contributed by atoms with E-state index in [4.69, 9.17) is 10.0 Å². The highest BCUT2D eigenvalue weighted by molar-refractivity contribution is 7.86. The highest BCUT2D eigenvalue weighted by Crippen LogP contribution is 2.39. The minimum absolute atomic E-state index is 0.0215. The summed E-state index contributed by atoms with van der Waals surface area (Å²) in [7, 11) is -4.19. The molecule has 0 radical (unpaired) electrons. The van der Waals surface area contributed by atoms with Crippen LogP contribution < -0.4 is 21.2 Å². The van der Waals surface area contributed by atoms with Gasteiger partial charge in [0.05, 0.1) is 22.7 Å². The number of hydrogen-bond acceptors (Lipinski definition) is 7. The quantitative estimate of drug-likeness (QED) is 0.541. The second-order valence-electron chi connectivity index (χ2n) is 8.98. The van der Waals surface area contributed by atoms with Crippen molar-refractivity contribution in [2.75, 3.05) is 23.3 Å². The third-order valence-corrected chi connectivity index (χ3v) is 7.74. The first-order chi connectivity index (χ1) is 16.8. The summed E-state index contributed by atoms with van der Waals surface area (Å²) in [6.45, 7) is 4.19. The number of nitrogens with zero attached hydrogens (tertiary/aromatic N) is 2. The molecule has 2 aliphatic rings. The molecule has 35 heavy (non-hydrogen) atoms. The molecule has 0 saturated carbocycles. The molecule has 1 fully saturated rings. The fraction of sp³-hybridized carbons (Fsp3) is 0.269. The van der Waals surface area contributed by atoms with Gasteiger partial charge in [-0.05, 0) is 68.1 Å². The summed E-state index contributed by atoms with van der Waals surface area (Å²) in [5.74, 6) is -0.213. The molecule has 0 aromatic heterocycles. The Morgan fingerprint density at radius 3 is 2.46 bits per heavy atom. The van der Waals surface area contributed by atoms with E-state index in [-0.39, 0.29) is 10.5 Å². The zero-order valence-corrected chi connectivity index (χ0v) is 20.3. The molecule has 5 rings (SSSR count). The molecule has 3 aromatic carbocycles. The van der Waals surface area contributed by atoms with Crippen LogP contribution in [-0.4, -0.2) is 27.4 Å². The van der Waals surface area contributed by atoms with Crippen molar-refractivity contribution in [3.05, 3.63) is 89.0 Å². The Morgan fingerprint density at radius 1 is 1.06 bits per heavy atom. The first-order valence-corrected chi connectivity index (χ1v) is 13.1. The van der Waals surface area contributed by atoms with Crippen LogP contribution >= 0.6 is 0 Å². The standard InChI is InChI=1S/C26H28N4O4S/c1-18-7-13-23(14-8-18)35(32,33)34-30-25-21(4-2-6-24(25)26(27)31)17-29(30)22-11-9-19(10-12-22)20-5-3-15-28-16-20/h2,4,6-14,20,28H,3,5,15-17H2,1H3,(H2,27,31)/t20-/m1/s1. The molecule has 1 amide bonds. The Labute approximate surface area is 205 Å². The number of amides is 1. The summed E-state index contributed by atoms with van der Waals surface area (Å²) >= 11 is 0. The molecule has 2 heterocycles. The van der Waals surface area contributed by atoms with Crippen LogP contribution in [0.4, 0.5) is 11.4 Å². The van der Waals surface area contributed by atoms with E-state index in [1.165, 1.54) is 22.9 Å². The normalized spacial score (nSPS) is 17.9. The lowest BCUT2D eigenvalue weighted by molar-refractivity contribution is 0.0999. The average molecular weight is 493 g/mol. The van der Waals surface area contributed by atoms with Crippen LogP contribution in [0.2, 0.25) is 0 Å². The van der Waals surface area contributed by atoms with E-state index < -0.39 is 16.0 Å². The monoisotopic (exact) mass is 492 g/mol. The lowest BCUT2D eigenvalue weighted by atomic mass is 9.91. The van der Waals surface area contributed by atoms with Crippen LogP contribution in [-0.2, 0) is 20.9 Å². The molecule has 1 atom stereocenters. The number of piperidine rings is 1. The third-order valence-electron chi connectivity index (χ3n) is 6.55. The Bertz CT molecular complexity index is 1330. The second kappa shape index (κ2) is 9.33. The van der Waals surface area contributed by atoms with Gasteiger partial charge in [0.15, 0.2) is 0 Å². The van der Waals surface area contributed by atoms with Crippen molar-refractivity contribution in [2.45, 2.75) is 37.1 Å². The Kier molecular flexibility index (Phi) is 6.22. The number of benzene rings is 3. The topological polar surface area (TPSA) is 105 Å². The first kappa shape index (κ1) is 23.3. The van der Waals surface area contributed by atoms with Crippen molar-refractivity contribution in [3.63, 3.8) is 0 Å². The van der Waals surface area contributed by atoms with E-state index in [2.05, 4.69) is 17.4 Å². The van der Waals surface area contributed by atoms with Crippen molar-refractivity contribution < 1.29 is 17.5 Å². The Balaban J connectivity index is 1.52. The van der Waals surface area contributed by atoms with Gasteiger partial charge in [-0.25, -0.2) is 0 Å². The van der Waals surface area contributed by atoms with Crippen molar-refractivity contribution in [1.29, 1.82) is 0 Å². The molecular formula is C26H28N4O4S. The molecule has 0 aliphatic carbocycles. The van der Waals surface area contributed by atoms with Gasteiger partial charge in [-0.2, -0.15) is 8.42 Å². The molecule has 1 saturated heterocycles. The number of primary amides is 1. The number of nitrogens with two attached hydrogens (primary N) is 1. The number of nitrogens with one attached hydrogen (secondary N) is 1. The van der Waals surface area contributed by atoms with Crippen LogP contribution in [0.1, 0.15) is 45.8 Å². The maximum Gasteiger partial charge on any atom is 0.319 e. The Morgan fingerprint density at radius 2 is 1.80 bits per heavy atom. The van der Waals surface area contributed by atoms with Crippen LogP contribution in [0.25, 0.3) is 0 Å². The first-order valence-electron chi connectivity index (χ1n) is 11.6. The predicted molar refractivity (Wildman–Crippen MR) is 134 cm³/mol. The predicted octanol–water partition coefficient (Wildman–Crippen LogP) is 3.62. The van der Waals surface area contributed by atoms with Gasteiger partial charge < -0.3 is 11.1 Å². The van der Waals surface area contributed by atoms with E-state index in [9.17, 15) is 13.2 Å². The number of rotatable bonds is 6. The van der Waals surface area contributed by atoms with Crippen LogP contribution in [0.3, 0.4) is 0 Å². The lowest BCUT2D eigenvalue weighted by Gasteiger charge is -2.30. The maximum atomic E-state index is 13.2. The van der Waals surface area contributed by atoms with Crippen LogP contribution in [0.5, 0.6) is 0 Å². The number of carbonyl (C=O) groups is 1. The number of aryl methyl sites for hydroxylation is 1. The van der Waals surface area contributed by atoms with Crippen LogP contribution in [0.15, 0.2) is 71.6 Å². The number of anilines is 2. The van der Waals surface area contributed by atoms with Gasteiger partial charge in [0, 0.05) is 12.1 Å². The summed E-state index contributed by atoms with van der Waals surface area (Å²) in [5.41, 5.74) is 9.79. The SMILES string of the molecule is Cc1ccc(S(=O)(=O)ON2c3c(cccc3C(N)=O)CN2c2ccc([C@@H]3CCCNC3)cc2)cc1. The molecule has 0 spiro atoms. The zero-order valence-electron chi connectivity index (χ0n) is 19.5. The van der Waals surface area contributed by atoms with Gasteiger partial charge in [0.2, 0.25) is 0 Å². The lowest BCUT2D eigenvalue weighted by Crippen LogP contribution is -2.40. The van der Waals surface area contributed by atoms with E-state index in [1.54, 1.807) is 29.3 Å². The zero-order chi connectivity index (χ0) is 24.6. The molecule has 2 aliphatic heterocycles. The highest BCUT2D eigenvalue weighted by Gasteiger charge is 2.36. The van der Waals surface area contributed by atoms with Crippen molar-refractivity contribution in [1.82, 2.24) is 5.32 Å². The summed E-state index contributed by atoms with van der Waals surface area (Å²) in [4.78, 5) is 12.2. The summed E-state index contributed by atoms with van der Waals surface area (Å²) in [5, 5.41) is 6.32. The van der Waals surface area contributed by atoms with E-state index in [0.29, 0.717) is 18.2 Å². The van der Waals surface area contributed by atoms with Gasteiger partial charge >= 0.3 is 10.1 Å². The van der Waals surface area contributed by atoms with E-state index >= 15 is 0 Å². The molecular weight excluding hydrogens is 464 g/mol. The third kappa shape index (κ3) is 4.62. The van der Waals surface area contributed by atoms with Crippen molar-refractivity contribution >= 4 is 27.4 Å². The number of hydrogen-bond donors (Lipinski definition) is 2. The molecule has 182 valence electrons. The number of para-hydroxylation sites is 1. The fourth-order valence-corrected chi connectivity index (χ4v) is 5.56. The summed E-state index contributed by atoms with van der Waals surface area (Å²) < 4.78 is 32.1. The van der Waals surface area contributed by atoms with Crippen LogP contribution in [0, 0.1) is 6.92 Å². The van der Waals surface area contributed by atoms with Crippen molar-refractivity contribution in [3.8, 4) is 0 Å². The minimum Gasteiger partial charge on any atom is -0.366 e. The van der Waals surface area contributed by atoms with Gasteiger partial charge in [-0.15, -0.1) is 9.46 Å². The van der Waals surface area contributed by atoms with Crippen molar-refractivity contribution in [2.24, 2.45) is 5.73 Å². The maximum absolute atomic E-state index is 13.2. The average Bonchev–Trinajstić information content (AvgIpc) is 3.22. The molecule has 3 N–H and O–H groups in total. The molecule has 3 aromatic rings. The molecule has 0 unspecified atom stereocenters. The van der Waals surface area contributed by atoms with E-state index in [0.717, 1.165) is 42.7 Å². The van der Waals surface area contributed by atoms with Gasteiger partial charge in [0.25, 0.3) is 5.91 Å². The number of fused-ring (bicyclic) bond motifs is 1. The van der Waals surface area contributed by atoms with E-state index in [1.807, 2.05) is 25.1 Å². The number of carbonyl (C=O) groups excluding carboxylic acids is 1. The minimum atomic E-state index is -4.19. The summed E-state index contributed by atoms with van der Waals surface area (Å²) in [6, 6.07) is 19.6. The smallest absolute Gasteiger partial charge is 0.319 e. The molecule has 0 bridgehead atoms. The second-order valence-corrected chi connectivity index (χ2v) is 10.5. The Hall–Kier alpha value is -3.40. The molecule has 8 nitrogen and oxygen atoms in total. The van der Waals surface area contributed by atoms with Gasteiger partial charge in [0.1, 0.15) is 5.69 Å². The molecule has 9 heteroatoms. The largest absolute Gasteiger partial charge is 0.366 e.